The Morgan fingerprint density at radius 2 is 1.90 bits per heavy atom. The molecule has 0 radical (unpaired) electrons. The monoisotopic (exact) mass is 349 g/mol. The van der Waals surface area contributed by atoms with Crippen LogP contribution in [0, 0.1) is 24.0 Å². The van der Waals surface area contributed by atoms with E-state index in [9.17, 15) is 14.9 Å². The fourth-order valence-electron chi connectivity index (χ4n) is 1.94. The maximum atomic E-state index is 11.1. The van der Waals surface area contributed by atoms with Crippen LogP contribution in [0.15, 0.2) is 34.8 Å². The number of rotatable bonds is 4. The van der Waals surface area contributed by atoms with E-state index in [1.165, 1.54) is 6.07 Å². The molecule has 0 atom stereocenters. The summed E-state index contributed by atoms with van der Waals surface area (Å²) in [4.78, 5) is 21.5. The van der Waals surface area contributed by atoms with Gasteiger partial charge in [0.2, 0.25) is 5.75 Å². The Morgan fingerprint density at radius 3 is 2.48 bits per heavy atom. The molecule has 0 aliphatic rings. The smallest absolute Gasteiger partial charge is 0.312 e. The summed E-state index contributed by atoms with van der Waals surface area (Å²) in [6.07, 6.45) is 0.756. The summed E-state index contributed by atoms with van der Waals surface area (Å²) < 4.78 is 6.28. The van der Waals surface area contributed by atoms with Crippen LogP contribution in [0.5, 0.6) is 11.5 Å². The molecule has 2 rings (SSSR count). The van der Waals surface area contributed by atoms with Crippen LogP contribution in [-0.4, -0.2) is 11.2 Å². The van der Waals surface area contributed by atoms with E-state index in [1.54, 1.807) is 38.1 Å². The van der Waals surface area contributed by atoms with Crippen LogP contribution >= 0.6 is 15.9 Å². The van der Waals surface area contributed by atoms with Crippen LogP contribution in [0.4, 0.5) is 5.69 Å². The predicted molar refractivity (Wildman–Crippen MR) is 82.2 cm³/mol. The van der Waals surface area contributed by atoms with E-state index in [0.29, 0.717) is 21.3 Å². The second-order valence-corrected chi connectivity index (χ2v) is 5.48. The zero-order valence-electron chi connectivity index (χ0n) is 11.4. The molecule has 0 bridgehead atoms. The number of carbonyl (C=O) groups excluding carboxylic acids is 1. The minimum absolute atomic E-state index is 0.112. The number of benzene rings is 2. The highest BCUT2D eigenvalue weighted by Crippen LogP contribution is 2.37. The van der Waals surface area contributed by atoms with Crippen LogP contribution in [0.1, 0.15) is 21.5 Å². The lowest BCUT2D eigenvalue weighted by Crippen LogP contribution is -1.97. The van der Waals surface area contributed by atoms with E-state index in [-0.39, 0.29) is 11.4 Å². The van der Waals surface area contributed by atoms with Crippen LogP contribution in [-0.2, 0) is 0 Å². The Balaban J connectivity index is 2.46. The standard InChI is InChI=1S/C15H12BrNO4/c1-9-6-13(4-3-11(9)8-18)21-15-10(2)5-12(16)7-14(15)17(19)20/h3-8H,1-2H3. The largest absolute Gasteiger partial charge is 0.450 e. The highest BCUT2D eigenvalue weighted by atomic mass is 79.9. The van der Waals surface area contributed by atoms with Crippen molar-refractivity contribution < 1.29 is 14.5 Å². The van der Waals surface area contributed by atoms with Crippen molar-refractivity contribution in [2.45, 2.75) is 13.8 Å². The van der Waals surface area contributed by atoms with Gasteiger partial charge >= 0.3 is 5.69 Å². The summed E-state index contributed by atoms with van der Waals surface area (Å²) in [5, 5.41) is 11.1. The van der Waals surface area contributed by atoms with E-state index >= 15 is 0 Å². The van der Waals surface area contributed by atoms with Gasteiger partial charge in [-0.3, -0.25) is 14.9 Å². The molecule has 6 heteroatoms. The minimum Gasteiger partial charge on any atom is -0.450 e. The van der Waals surface area contributed by atoms with Gasteiger partial charge in [0.1, 0.15) is 12.0 Å². The van der Waals surface area contributed by atoms with Gasteiger partial charge in [-0.1, -0.05) is 15.9 Å². The number of halogens is 1. The summed E-state index contributed by atoms with van der Waals surface area (Å²) in [6.45, 7) is 3.51. The first-order valence-corrected chi connectivity index (χ1v) is 6.90. The third kappa shape index (κ3) is 3.28. The third-order valence-electron chi connectivity index (χ3n) is 3.00. The predicted octanol–water partition coefficient (Wildman–Crippen LogP) is 4.58. The quantitative estimate of drug-likeness (QED) is 0.460. The Morgan fingerprint density at radius 1 is 1.19 bits per heavy atom. The van der Waals surface area contributed by atoms with E-state index < -0.39 is 4.92 Å². The molecule has 0 unspecified atom stereocenters. The highest BCUT2D eigenvalue weighted by Gasteiger charge is 2.19. The van der Waals surface area contributed by atoms with E-state index in [0.717, 1.165) is 11.8 Å². The molecule has 2 aromatic rings. The molecular weight excluding hydrogens is 338 g/mol. The summed E-state index contributed by atoms with van der Waals surface area (Å²) >= 11 is 3.23. The second-order valence-electron chi connectivity index (χ2n) is 4.57. The number of aryl methyl sites for hydroxylation is 2. The van der Waals surface area contributed by atoms with Crippen molar-refractivity contribution in [3.63, 3.8) is 0 Å². The molecule has 0 aromatic heterocycles. The fraction of sp³-hybridized carbons (Fsp3) is 0.133. The van der Waals surface area contributed by atoms with Gasteiger partial charge in [-0.15, -0.1) is 0 Å². The van der Waals surface area contributed by atoms with Crippen molar-refractivity contribution in [3.05, 3.63) is 61.6 Å². The Hall–Kier alpha value is -2.21. The molecule has 21 heavy (non-hydrogen) atoms. The first-order chi connectivity index (χ1) is 9.92. The lowest BCUT2D eigenvalue weighted by atomic mass is 10.1. The molecule has 108 valence electrons. The maximum absolute atomic E-state index is 11.1. The third-order valence-corrected chi connectivity index (χ3v) is 3.46. The lowest BCUT2D eigenvalue weighted by molar-refractivity contribution is -0.385. The zero-order valence-corrected chi connectivity index (χ0v) is 13.0. The summed E-state index contributed by atoms with van der Waals surface area (Å²) in [7, 11) is 0. The highest BCUT2D eigenvalue weighted by molar-refractivity contribution is 9.10. The van der Waals surface area contributed by atoms with Crippen molar-refractivity contribution in [1.82, 2.24) is 0 Å². The number of nitro benzene ring substituents is 1. The second kappa shape index (κ2) is 6.05. The molecule has 0 saturated heterocycles. The Kier molecular flexibility index (Phi) is 4.37. The van der Waals surface area contributed by atoms with Gasteiger partial charge in [0.25, 0.3) is 0 Å². The van der Waals surface area contributed by atoms with Gasteiger partial charge in [-0.05, 0) is 49.2 Å². The number of nitro groups is 1. The normalized spacial score (nSPS) is 10.2. The van der Waals surface area contributed by atoms with Crippen LogP contribution in [0.25, 0.3) is 0 Å². The molecule has 0 saturated carbocycles. The van der Waals surface area contributed by atoms with Crippen molar-refractivity contribution in [3.8, 4) is 11.5 Å². The summed E-state index contributed by atoms with van der Waals surface area (Å²) in [5.74, 6) is 0.646. The van der Waals surface area contributed by atoms with Crippen LogP contribution in [0.2, 0.25) is 0 Å². The summed E-state index contributed by atoms with van der Waals surface area (Å²) in [6, 6.07) is 8.05. The van der Waals surface area contributed by atoms with Crippen LogP contribution in [0.3, 0.4) is 0 Å². The molecular formula is C15H12BrNO4. The molecule has 0 heterocycles. The van der Waals surface area contributed by atoms with E-state index in [4.69, 9.17) is 4.74 Å². The molecule has 0 fully saturated rings. The molecule has 0 aliphatic heterocycles. The average Bonchev–Trinajstić information content (AvgIpc) is 2.41. The first-order valence-electron chi connectivity index (χ1n) is 6.10. The molecule has 0 amide bonds. The van der Waals surface area contributed by atoms with Gasteiger partial charge in [-0.25, -0.2) is 0 Å². The van der Waals surface area contributed by atoms with Gasteiger partial charge in [0, 0.05) is 16.1 Å². The fourth-order valence-corrected chi connectivity index (χ4v) is 2.50. The number of aldehydes is 1. The maximum Gasteiger partial charge on any atom is 0.312 e. The number of ether oxygens (including phenoxy) is 1. The van der Waals surface area contributed by atoms with Crippen molar-refractivity contribution in [2.24, 2.45) is 0 Å². The van der Waals surface area contributed by atoms with Gasteiger partial charge < -0.3 is 4.74 Å². The average molecular weight is 350 g/mol. The zero-order chi connectivity index (χ0) is 15.6. The number of hydrogen-bond acceptors (Lipinski definition) is 4. The topological polar surface area (TPSA) is 69.4 Å². The molecule has 5 nitrogen and oxygen atoms in total. The van der Waals surface area contributed by atoms with Crippen molar-refractivity contribution in [1.29, 1.82) is 0 Å². The van der Waals surface area contributed by atoms with Crippen LogP contribution < -0.4 is 4.74 Å². The summed E-state index contributed by atoms with van der Waals surface area (Å²) in [5.41, 5.74) is 1.84. The van der Waals surface area contributed by atoms with E-state index in [2.05, 4.69) is 15.9 Å². The molecule has 0 N–H and O–H groups in total. The first kappa shape index (κ1) is 15.2. The molecule has 2 aromatic carbocycles. The Bertz CT molecular complexity index is 728. The lowest BCUT2D eigenvalue weighted by Gasteiger charge is -2.11. The van der Waals surface area contributed by atoms with Crippen molar-refractivity contribution in [2.75, 3.05) is 0 Å². The minimum atomic E-state index is -0.486. The van der Waals surface area contributed by atoms with Crippen molar-refractivity contribution >= 4 is 27.9 Å². The van der Waals surface area contributed by atoms with E-state index in [1.807, 2.05) is 0 Å². The number of carbonyl (C=O) groups is 1. The Labute approximate surface area is 129 Å². The molecule has 0 spiro atoms. The number of nitrogens with zero attached hydrogens (tertiary/aromatic N) is 1. The van der Waals surface area contributed by atoms with Gasteiger partial charge in [0.15, 0.2) is 0 Å². The SMILES string of the molecule is Cc1cc(Oc2c(C)cc(Br)cc2[N+](=O)[O-])ccc1C=O. The number of hydrogen-bond donors (Lipinski definition) is 0. The van der Waals surface area contributed by atoms with Gasteiger partial charge in [0.05, 0.1) is 4.92 Å². The molecule has 0 aliphatic carbocycles. The van der Waals surface area contributed by atoms with Gasteiger partial charge in [-0.2, -0.15) is 0 Å².